The second kappa shape index (κ2) is 8.15. The fraction of sp³-hybridized carbons (Fsp3) is 0.294. The number of rotatable bonds is 7. The Bertz CT molecular complexity index is 909. The van der Waals surface area contributed by atoms with Gasteiger partial charge in [-0.3, -0.25) is 9.89 Å². The number of benzene rings is 1. The van der Waals surface area contributed by atoms with E-state index < -0.39 is 0 Å². The van der Waals surface area contributed by atoms with E-state index in [9.17, 15) is 9.90 Å². The minimum absolute atomic E-state index is 0.120. The number of thioether (sulfide) groups is 1. The number of H-pyrrole nitrogens is 1. The third-order valence-corrected chi connectivity index (χ3v) is 4.51. The van der Waals surface area contributed by atoms with Gasteiger partial charge in [-0.25, -0.2) is 9.97 Å². The zero-order chi connectivity index (χ0) is 18.5. The van der Waals surface area contributed by atoms with Crippen LogP contribution in [0.1, 0.15) is 23.7 Å². The summed E-state index contributed by atoms with van der Waals surface area (Å²) in [7, 11) is 0. The van der Waals surface area contributed by atoms with Gasteiger partial charge in [-0.15, -0.1) is 0 Å². The second-order valence-corrected chi connectivity index (χ2v) is 6.45. The third-order valence-electron chi connectivity index (χ3n) is 3.95. The molecule has 0 aliphatic carbocycles. The first kappa shape index (κ1) is 18.2. The molecular formula is C17H20N6O2S. The Balaban J connectivity index is 1.91. The highest BCUT2D eigenvalue weighted by Gasteiger charge is 2.18. The first-order chi connectivity index (χ1) is 12.6. The molecule has 0 aliphatic heterocycles. The number of anilines is 2. The number of amides is 1. The van der Waals surface area contributed by atoms with Crippen molar-refractivity contribution in [3.8, 4) is 0 Å². The average molecular weight is 372 g/mol. The standard InChI is InChI=1S/C17H20N6O2S/c1-3-11(9-24)21-16(25)13-8-18-17(26-2)22-15(13)20-12-5-4-10-7-19-23-14(10)6-12/h4-8,11,24H,3,9H2,1-2H3,(H,19,23)(H,21,25)(H,18,20,22). The maximum absolute atomic E-state index is 12.6. The molecule has 0 fully saturated rings. The minimum atomic E-state index is -0.330. The number of hydrogen-bond donors (Lipinski definition) is 4. The van der Waals surface area contributed by atoms with Crippen LogP contribution in [0.2, 0.25) is 0 Å². The smallest absolute Gasteiger partial charge is 0.256 e. The van der Waals surface area contributed by atoms with Crippen molar-refractivity contribution in [2.45, 2.75) is 24.5 Å². The lowest BCUT2D eigenvalue weighted by atomic mass is 10.2. The Kier molecular flexibility index (Phi) is 5.69. The normalized spacial score (nSPS) is 12.1. The van der Waals surface area contributed by atoms with Gasteiger partial charge in [0.2, 0.25) is 0 Å². The van der Waals surface area contributed by atoms with E-state index in [1.54, 1.807) is 6.20 Å². The van der Waals surface area contributed by atoms with Gasteiger partial charge in [-0.05, 0) is 30.9 Å². The Labute approximate surface area is 154 Å². The Morgan fingerprint density at radius 2 is 2.23 bits per heavy atom. The summed E-state index contributed by atoms with van der Waals surface area (Å²) in [6.07, 6.45) is 5.74. The molecule has 3 aromatic rings. The van der Waals surface area contributed by atoms with Gasteiger partial charge in [0.15, 0.2) is 5.16 Å². The van der Waals surface area contributed by atoms with Gasteiger partial charge in [0.1, 0.15) is 11.4 Å². The van der Waals surface area contributed by atoms with Gasteiger partial charge < -0.3 is 15.7 Å². The lowest BCUT2D eigenvalue weighted by Gasteiger charge is -2.16. The number of nitrogens with one attached hydrogen (secondary N) is 3. The molecule has 2 heterocycles. The quantitative estimate of drug-likeness (QED) is 0.371. The lowest BCUT2D eigenvalue weighted by molar-refractivity contribution is 0.0915. The van der Waals surface area contributed by atoms with Crippen molar-refractivity contribution in [3.05, 3.63) is 36.2 Å². The van der Waals surface area contributed by atoms with E-state index in [0.29, 0.717) is 23.0 Å². The van der Waals surface area contributed by atoms with Crippen LogP contribution in [0.25, 0.3) is 10.9 Å². The van der Waals surface area contributed by atoms with E-state index >= 15 is 0 Å². The number of aliphatic hydroxyl groups excluding tert-OH is 1. The molecule has 0 saturated heterocycles. The highest BCUT2D eigenvalue weighted by atomic mass is 32.2. The van der Waals surface area contributed by atoms with Crippen molar-refractivity contribution in [1.82, 2.24) is 25.5 Å². The molecule has 136 valence electrons. The van der Waals surface area contributed by atoms with Crippen LogP contribution in [0.5, 0.6) is 0 Å². The summed E-state index contributed by atoms with van der Waals surface area (Å²) < 4.78 is 0. The molecule has 1 aromatic carbocycles. The van der Waals surface area contributed by atoms with Gasteiger partial charge in [-0.1, -0.05) is 18.7 Å². The van der Waals surface area contributed by atoms with E-state index in [1.807, 2.05) is 31.4 Å². The summed E-state index contributed by atoms with van der Waals surface area (Å²) >= 11 is 1.39. The fourth-order valence-electron chi connectivity index (χ4n) is 2.42. The zero-order valence-electron chi connectivity index (χ0n) is 14.5. The number of aromatic amines is 1. The highest BCUT2D eigenvalue weighted by Crippen LogP contribution is 2.23. The molecule has 8 nitrogen and oxygen atoms in total. The van der Waals surface area contributed by atoms with Crippen molar-refractivity contribution in [2.24, 2.45) is 0 Å². The number of nitrogens with zero attached hydrogens (tertiary/aromatic N) is 3. The van der Waals surface area contributed by atoms with E-state index in [2.05, 4.69) is 30.8 Å². The van der Waals surface area contributed by atoms with Gasteiger partial charge >= 0.3 is 0 Å². The van der Waals surface area contributed by atoms with Crippen molar-refractivity contribution >= 4 is 40.1 Å². The molecule has 0 spiro atoms. The molecule has 0 saturated carbocycles. The van der Waals surface area contributed by atoms with E-state index in [0.717, 1.165) is 16.6 Å². The summed E-state index contributed by atoms with van der Waals surface area (Å²) in [6.45, 7) is 1.78. The molecule has 9 heteroatoms. The van der Waals surface area contributed by atoms with Gasteiger partial charge in [0.25, 0.3) is 5.91 Å². The molecule has 1 atom stereocenters. The monoisotopic (exact) mass is 372 g/mol. The van der Waals surface area contributed by atoms with E-state index in [-0.39, 0.29) is 18.6 Å². The van der Waals surface area contributed by atoms with Crippen LogP contribution >= 0.6 is 11.8 Å². The summed E-state index contributed by atoms with van der Waals surface area (Å²) in [4.78, 5) is 21.2. The van der Waals surface area contributed by atoms with Crippen LogP contribution in [0.15, 0.2) is 35.7 Å². The summed E-state index contributed by atoms with van der Waals surface area (Å²) in [5.41, 5.74) is 1.97. The molecule has 4 N–H and O–H groups in total. The van der Waals surface area contributed by atoms with Crippen LogP contribution in [-0.4, -0.2) is 50.1 Å². The molecule has 0 bridgehead atoms. The summed E-state index contributed by atoms with van der Waals surface area (Å²) in [6, 6.07) is 5.41. The molecule has 2 aromatic heterocycles. The van der Waals surface area contributed by atoms with Crippen LogP contribution < -0.4 is 10.6 Å². The van der Waals surface area contributed by atoms with Gasteiger partial charge in [0, 0.05) is 17.3 Å². The largest absolute Gasteiger partial charge is 0.394 e. The number of hydrogen-bond acceptors (Lipinski definition) is 7. The number of aromatic nitrogens is 4. The van der Waals surface area contributed by atoms with Gasteiger partial charge in [-0.2, -0.15) is 5.10 Å². The number of carbonyl (C=O) groups excluding carboxylic acids is 1. The molecule has 26 heavy (non-hydrogen) atoms. The molecule has 3 rings (SSSR count). The Hall–Kier alpha value is -2.65. The molecule has 0 aliphatic rings. The molecule has 0 radical (unpaired) electrons. The van der Waals surface area contributed by atoms with Crippen molar-refractivity contribution in [2.75, 3.05) is 18.2 Å². The van der Waals surface area contributed by atoms with E-state index in [1.165, 1.54) is 18.0 Å². The topological polar surface area (TPSA) is 116 Å². The first-order valence-corrected chi connectivity index (χ1v) is 9.40. The summed E-state index contributed by atoms with van der Waals surface area (Å²) in [5, 5.41) is 23.8. The van der Waals surface area contributed by atoms with Crippen molar-refractivity contribution < 1.29 is 9.90 Å². The number of fused-ring (bicyclic) bond motifs is 1. The molecular weight excluding hydrogens is 352 g/mol. The maximum Gasteiger partial charge on any atom is 0.256 e. The predicted octanol–water partition coefficient (Wildman–Crippen LogP) is 2.32. The third kappa shape index (κ3) is 3.94. The molecule has 1 amide bonds. The van der Waals surface area contributed by atoms with E-state index in [4.69, 9.17) is 0 Å². The average Bonchev–Trinajstić information content (AvgIpc) is 3.13. The maximum atomic E-state index is 12.6. The van der Waals surface area contributed by atoms with Crippen molar-refractivity contribution in [3.63, 3.8) is 0 Å². The SMILES string of the molecule is CCC(CO)NC(=O)c1cnc(SC)nc1Nc1ccc2cn[nH]c2c1. The first-order valence-electron chi connectivity index (χ1n) is 8.17. The Morgan fingerprint density at radius 3 is 2.96 bits per heavy atom. The Morgan fingerprint density at radius 1 is 1.38 bits per heavy atom. The summed E-state index contributed by atoms with van der Waals surface area (Å²) in [5.74, 6) is 0.0807. The van der Waals surface area contributed by atoms with Gasteiger partial charge in [0.05, 0.1) is 24.4 Å². The minimum Gasteiger partial charge on any atom is -0.394 e. The van der Waals surface area contributed by atoms with Crippen molar-refractivity contribution in [1.29, 1.82) is 0 Å². The highest BCUT2D eigenvalue weighted by molar-refractivity contribution is 7.98. The predicted molar refractivity (Wildman–Crippen MR) is 102 cm³/mol. The molecule has 1 unspecified atom stereocenters. The van der Waals surface area contributed by atoms with Crippen LogP contribution in [0.3, 0.4) is 0 Å². The van der Waals surface area contributed by atoms with Crippen LogP contribution in [0.4, 0.5) is 11.5 Å². The number of carbonyl (C=O) groups is 1. The fourth-order valence-corrected chi connectivity index (χ4v) is 2.76. The number of aliphatic hydroxyl groups is 1. The lowest BCUT2D eigenvalue weighted by Crippen LogP contribution is -2.37. The zero-order valence-corrected chi connectivity index (χ0v) is 15.3. The van der Waals surface area contributed by atoms with Crippen LogP contribution in [-0.2, 0) is 0 Å². The van der Waals surface area contributed by atoms with Crippen LogP contribution in [0, 0.1) is 0 Å². The second-order valence-electron chi connectivity index (χ2n) is 5.68.